The first kappa shape index (κ1) is 17.9. The summed E-state index contributed by atoms with van der Waals surface area (Å²) in [5.41, 5.74) is 1.29. The molecule has 3 aromatic rings. The Hall–Kier alpha value is -2.47. The Labute approximate surface area is 163 Å². The van der Waals surface area contributed by atoms with Crippen molar-refractivity contribution in [1.82, 2.24) is 4.31 Å². The molecule has 0 radical (unpaired) electrons. The van der Waals surface area contributed by atoms with E-state index in [1.807, 2.05) is 36.4 Å². The number of carbonyl (C=O) groups is 1. The molecule has 6 heteroatoms. The van der Waals surface area contributed by atoms with Crippen molar-refractivity contribution in [3.05, 3.63) is 101 Å². The van der Waals surface area contributed by atoms with Gasteiger partial charge in [0.1, 0.15) is 6.04 Å². The zero-order valence-corrected chi connectivity index (χ0v) is 15.8. The van der Waals surface area contributed by atoms with Gasteiger partial charge < -0.3 is 0 Å². The topological polar surface area (TPSA) is 54.2 Å². The Morgan fingerprint density at radius 2 is 1.37 bits per heavy atom. The van der Waals surface area contributed by atoms with E-state index in [1.54, 1.807) is 24.3 Å². The normalized spacial score (nSPS) is 21.6. The van der Waals surface area contributed by atoms with E-state index < -0.39 is 22.1 Å². The minimum absolute atomic E-state index is 0.121. The molecule has 27 heavy (non-hydrogen) atoms. The molecule has 0 amide bonds. The zero-order valence-electron chi connectivity index (χ0n) is 14.2. The number of rotatable bonds is 5. The summed E-state index contributed by atoms with van der Waals surface area (Å²) in [4.78, 5) is 13.1. The van der Waals surface area contributed by atoms with Gasteiger partial charge in [0.15, 0.2) is 5.78 Å². The number of nitrogens with zero attached hydrogens (tertiary/aromatic N) is 1. The summed E-state index contributed by atoms with van der Waals surface area (Å²) >= 11 is 5.88. The van der Waals surface area contributed by atoms with E-state index in [4.69, 9.17) is 11.6 Å². The van der Waals surface area contributed by atoms with Crippen molar-refractivity contribution < 1.29 is 13.2 Å². The number of carbonyl (C=O) groups excluding carboxylic acids is 1. The van der Waals surface area contributed by atoms with Crippen LogP contribution in [0.15, 0.2) is 89.8 Å². The van der Waals surface area contributed by atoms with Crippen molar-refractivity contribution in [3.63, 3.8) is 0 Å². The van der Waals surface area contributed by atoms with Crippen LogP contribution in [0.1, 0.15) is 22.0 Å². The maximum absolute atomic E-state index is 13.2. The third-order valence-electron chi connectivity index (χ3n) is 4.61. The standard InChI is InChI=1S/C21H16ClNO3S/c22-17-11-13-18(14-12-17)27(25,26)23-19(15-7-3-1-4-8-15)20(23)21(24)16-9-5-2-6-10-16/h1-14,19-20H/t19-,20+,23?/m1/s1. The Morgan fingerprint density at radius 1 is 0.815 bits per heavy atom. The second-order valence-corrected chi connectivity index (χ2v) is 8.60. The Kier molecular flexibility index (Phi) is 4.60. The average molecular weight is 398 g/mol. The number of ketones is 1. The lowest BCUT2D eigenvalue weighted by molar-refractivity contribution is 0.0981. The SMILES string of the molecule is O=C(c1ccccc1)[C@@H]1[C@@H](c2ccccc2)N1S(=O)(=O)c1ccc(Cl)cc1. The molecule has 0 aliphatic carbocycles. The van der Waals surface area contributed by atoms with Crippen molar-refractivity contribution >= 4 is 27.4 Å². The summed E-state index contributed by atoms with van der Waals surface area (Å²) in [6.45, 7) is 0. The average Bonchev–Trinajstić information content (AvgIpc) is 3.46. The quantitative estimate of drug-likeness (QED) is 0.475. The fourth-order valence-electron chi connectivity index (χ4n) is 3.25. The summed E-state index contributed by atoms with van der Waals surface area (Å²) in [5.74, 6) is -0.206. The summed E-state index contributed by atoms with van der Waals surface area (Å²) < 4.78 is 27.6. The summed E-state index contributed by atoms with van der Waals surface area (Å²) in [6.07, 6.45) is 0. The largest absolute Gasteiger partial charge is 0.292 e. The molecule has 1 heterocycles. The Balaban J connectivity index is 1.75. The molecule has 4 nitrogen and oxygen atoms in total. The van der Waals surface area contributed by atoms with E-state index >= 15 is 0 Å². The lowest BCUT2D eigenvalue weighted by Gasteiger charge is -2.07. The van der Waals surface area contributed by atoms with Gasteiger partial charge in [-0.2, -0.15) is 4.31 Å². The maximum Gasteiger partial charge on any atom is 0.244 e. The van der Waals surface area contributed by atoms with Gasteiger partial charge in [-0.05, 0) is 29.8 Å². The molecule has 0 saturated carbocycles. The lowest BCUT2D eigenvalue weighted by atomic mass is 10.0. The van der Waals surface area contributed by atoms with Gasteiger partial charge in [-0.15, -0.1) is 0 Å². The van der Waals surface area contributed by atoms with Gasteiger partial charge in [0.05, 0.1) is 10.9 Å². The number of Topliss-reactive ketones (excluding diaryl/α,β-unsaturated/α-hetero) is 1. The van der Waals surface area contributed by atoms with E-state index in [0.717, 1.165) is 5.56 Å². The zero-order chi connectivity index (χ0) is 19.0. The highest BCUT2D eigenvalue weighted by molar-refractivity contribution is 7.89. The molecular weight excluding hydrogens is 382 g/mol. The lowest BCUT2D eigenvalue weighted by Crippen LogP contribution is -2.19. The van der Waals surface area contributed by atoms with Crippen molar-refractivity contribution in [1.29, 1.82) is 0 Å². The third kappa shape index (κ3) is 3.30. The van der Waals surface area contributed by atoms with Crippen LogP contribution >= 0.6 is 11.6 Å². The summed E-state index contributed by atoms with van der Waals surface area (Å²) in [7, 11) is -3.83. The van der Waals surface area contributed by atoms with Crippen molar-refractivity contribution in [2.75, 3.05) is 0 Å². The van der Waals surface area contributed by atoms with E-state index in [-0.39, 0.29) is 10.7 Å². The van der Waals surface area contributed by atoms with E-state index in [0.29, 0.717) is 10.6 Å². The smallest absolute Gasteiger partial charge is 0.244 e. The molecule has 3 aromatic carbocycles. The highest BCUT2D eigenvalue weighted by Gasteiger charge is 2.60. The van der Waals surface area contributed by atoms with E-state index in [1.165, 1.54) is 28.6 Å². The number of hydrogen-bond donors (Lipinski definition) is 0. The van der Waals surface area contributed by atoms with Crippen LogP contribution in [0.3, 0.4) is 0 Å². The van der Waals surface area contributed by atoms with Crippen molar-refractivity contribution in [2.24, 2.45) is 0 Å². The molecule has 0 aromatic heterocycles. The summed E-state index contributed by atoms with van der Waals surface area (Å²) in [6, 6.07) is 22.7. The molecule has 1 unspecified atom stereocenters. The molecule has 1 fully saturated rings. The molecule has 0 N–H and O–H groups in total. The molecule has 136 valence electrons. The van der Waals surface area contributed by atoms with Crippen LogP contribution < -0.4 is 0 Å². The highest BCUT2D eigenvalue weighted by atomic mass is 35.5. The van der Waals surface area contributed by atoms with Crippen LogP contribution in [0.4, 0.5) is 0 Å². The fourth-order valence-corrected chi connectivity index (χ4v) is 5.09. The number of hydrogen-bond acceptors (Lipinski definition) is 3. The second-order valence-electron chi connectivity index (χ2n) is 6.32. The molecule has 1 saturated heterocycles. The first-order chi connectivity index (χ1) is 13.0. The van der Waals surface area contributed by atoms with Crippen LogP contribution in [0.2, 0.25) is 5.02 Å². The van der Waals surface area contributed by atoms with Crippen LogP contribution in [0.25, 0.3) is 0 Å². The van der Waals surface area contributed by atoms with Gasteiger partial charge in [-0.1, -0.05) is 72.3 Å². The highest BCUT2D eigenvalue weighted by Crippen LogP contribution is 2.49. The Bertz CT molecular complexity index is 1070. The van der Waals surface area contributed by atoms with E-state index in [9.17, 15) is 13.2 Å². The van der Waals surface area contributed by atoms with Gasteiger partial charge in [0.2, 0.25) is 10.0 Å². The molecule has 1 aliphatic rings. The molecule has 4 rings (SSSR count). The van der Waals surface area contributed by atoms with Crippen LogP contribution in [-0.2, 0) is 10.0 Å². The fraction of sp³-hybridized carbons (Fsp3) is 0.0952. The molecule has 0 bridgehead atoms. The predicted octanol–water partition coefficient (Wildman–Crippen LogP) is 4.34. The number of benzene rings is 3. The molecule has 0 spiro atoms. The van der Waals surface area contributed by atoms with Crippen molar-refractivity contribution in [3.8, 4) is 0 Å². The van der Waals surface area contributed by atoms with Gasteiger partial charge >= 0.3 is 0 Å². The summed E-state index contributed by atoms with van der Waals surface area (Å²) in [5, 5.41) is 0.455. The number of sulfonamides is 1. The number of halogens is 1. The first-order valence-electron chi connectivity index (χ1n) is 8.43. The maximum atomic E-state index is 13.2. The second kappa shape index (κ2) is 6.93. The van der Waals surface area contributed by atoms with Crippen LogP contribution in [-0.4, -0.2) is 24.5 Å². The van der Waals surface area contributed by atoms with E-state index in [2.05, 4.69) is 0 Å². The van der Waals surface area contributed by atoms with Gasteiger partial charge in [-0.25, -0.2) is 8.42 Å². The van der Waals surface area contributed by atoms with Crippen LogP contribution in [0.5, 0.6) is 0 Å². The predicted molar refractivity (Wildman–Crippen MR) is 104 cm³/mol. The van der Waals surface area contributed by atoms with Crippen molar-refractivity contribution in [2.45, 2.75) is 17.0 Å². The minimum Gasteiger partial charge on any atom is -0.292 e. The Morgan fingerprint density at radius 3 is 1.96 bits per heavy atom. The van der Waals surface area contributed by atoms with Gasteiger partial charge in [-0.3, -0.25) is 4.79 Å². The molecule has 1 aliphatic heterocycles. The third-order valence-corrected chi connectivity index (χ3v) is 6.74. The van der Waals surface area contributed by atoms with Crippen LogP contribution in [0, 0.1) is 0 Å². The minimum atomic E-state index is -3.83. The van der Waals surface area contributed by atoms with Gasteiger partial charge in [0.25, 0.3) is 0 Å². The van der Waals surface area contributed by atoms with Gasteiger partial charge in [0, 0.05) is 10.6 Å². The first-order valence-corrected chi connectivity index (χ1v) is 10.3. The monoisotopic (exact) mass is 397 g/mol. The molecular formula is C21H16ClNO3S. The molecule has 3 atom stereocenters.